The molecule has 2 saturated heterocycles. The van der Waals surface area contributed by atoms with Crippen LogP contribution in [0.5, 0.6) is 0 Å². The van der Waals surface area contributed by atoms with Gasteiger partial charge in [0, 0.05) is 12.8 Å². The summed E-state index contributed by atoms with van der Waals surface area (Å²) in [5, 5.41) is 71.8. The molecule has 0 aromatic heterocycles. The third-order valence-electron chi connectivity index (χ3n) is 10.9. The summed E-state index contributed by atoms with van der Waals surface area (Å²) in [5.41, 5.74) is 0. The summed E-state index contributed by atoms with van der Waals surface area (Å²) in [4.78, 5) is 25.6. The van der Waals surface area contributed by atoms with Crippen LogP contribution in [0.3, 0.4) is 0 Å². The third kappa shape index (κ3) is 22.4. The summed E-state index contributed by atoms with van der Waals surface area (Å²) in [7, 11) is 0. The summed E-state index contributed by atoms with van der Waals surface area (Å²) < 4.78 is 33.4. The maximum Gasteiger partial charge on any atom is 0.306 e. The number of esters is 2. The first-order valence-electron chi connectivity index (χ1n) is 22.9. The van der Waals surface area contributed by atoms with Gasteiger partial charge in [0.15, 0.2) is 18.7 Å². The number of allylic oxidation sites excluding steroid dienone is 4. The molecule has 2 heterocycles. The van der Waals surface area contributed by atoms with Crippen LogP contribution in [0.1, 0.15) is 155 Å². The van der Waals surface area contributed by atoms with Crippen molar-refractivity contribution in [1.29, 1.82) is 0 Å². The molecule has 0 aromatic carbocycles. The molecule has 60 heavy (non-hydrogen) atoms. The predicted molar refractivity (Wildman–Crippen MR) is 224 cm³/mol. The summed E-state index contributed by atoms with van der Waals surface area (Å²) in [6.45, 7) is 2.49. The fourth-order valence-electron chi connectivity index (χ4n) is 7.01. The number of aliphatic hydroxyl groups is 7. The summed E-state index contributed by atoms with van der Waals surface area (Å²) in [6.07, 6.45) is 13.7. The van der Waals surface area contributed by atoms with Gasteiger partial charge in [-0.2, -0.15) is 0 Å². The van der Waals surface area contributed by atoms with Gasteiger partial charge >= 0.3 is 11.9 Å². The van der Waals surface area contributed by atoms with E-state index in [0.29, 0.717) is 12.8 Å². The molecule has 15 heteroatoms. The van der Waals surface area contributed by atoms with Crippen molar-refractivity contribution in [2.45, 2.75) is 223 Å². The van der Waals surface area contributed by atoms with Gasteiger partial charge in [-0.15, -0.1) is 0 Å². The van der Waals surface area contributed by atoms with Crippen LogP contribution in [0.2, 0.25) is 0 Å². The molecule has 4 unspecified atom stereocenters. The molecule has 15 nitrogen and oxygen atoms in total. The highest BCUT2D eigenvalue weighted by Gasteiger charge is 2.47. The normalized spacial score (nSPS) is 27.8. The molecule has 0 aromatic rings. The number of aliphatic hydroxyl groups excluding tert-OH is 7. The SMILES string of the molecule is CCCC/C=C/CCCCCCCC(=O)OC[C@H](CO[C@@H]1O[C@H](CO[C@@H]2O[C@H](CO)[C@H](O)C(O)C2O)[C@H](O)C(O)C1O)OC(=O)CCCCCCC/C=C/CCCCCC. The van der Waals surface area contributed by atoms with E-state index in [1.165, 1.54) is 38.5 Å². The molecule has 0 bridgehead atoms. The first-order valence-corrected chi connectivity index (χ1v) is 22.9. The van der Waals surface area contributed by atoms with Crippen molar-refractivity contribution >= 4 is 11.9 Å². The Kier molecular flexibility index (Phi) is 30.2. The Morgan fingerprint density at radius 2 is 0.967 bits per heavy atom. The Labute approximate surface area is 358 Å². The molecule has 0 aliphatic carbocycles. The van der Waals surface area contributed by atoms with Crippen molar-refractivity contribution < 1.29 is 73.8 Å². The molecule has 7 N–H and O–H groups in total. The van der Waals surface area contributed by atoms with Crippen LogP contribution in [0, 0.1) is 0 Å². The number of hydrogen-bond donors (Lipinski definition) is 7. The molecule has 350 valence electrons. The van der Waals surface area contributed by atoms with E-state index in [-0.39, 0.29) is 26.1 Å². The molecule has 2 fully saturated rings. The molecule has 2 rings (SSSR count). The van der Waals surface area contributed by atoms with E-state index < -0.39 is 92.7 Å². The number of unbranched alkanes of at least 4 members (excludes halogenated alkanes) is 16. The lowest BCUT2D eigenvalue weighted by Crippen LogP contribution is -2.61. The predicted octanol–water partition coefficient (Wildman–Crippen LogP) is 4.82. The maximum absolute atomic E-state index is 12.9. The van der Waals surface area contributed by atoms with Crippen LogP contribution >= 0.6 is 0 Å². The highest BCUT2D eigenvalue weighted by atomic mass is 16.7. The molecule has 11 atom stereocenters. The van der Waals surface area contributed by atoms with Gasteiger partial charge in [0.25, 0.3) is 0 Å². The smallest absolute Gasteiger partial charge is 0.306 e. The van der Waals surface area contributed by atoms with Gasteiger partial charge in [-0.05, 0) is 57.8 Å². The minimum Gasteiger partial charge on any atom is -0.462 e. The van der Waals surface area contributed by atoms with Gasteiger partial charge in [-0.3, -0.25) is 9.59 Å². The van der Waals surface area contributed by atoms with E-state index in [9.17, 15) is 45.3 Å². The second-order valence-electron chi connectivity index (χ2n) is 16.2. The first kappa shape index (κ1) is 54.1. The summed E-state index contributed by atoms with van der Waals surface area (Å²) >= 11 is 0. The van der Waals surface area contributed by atoms with Crippen LogP contribution in [-0.2, 0) is 38.0 Å². The number of hydrogen-bond acceptors (Lipinski definition) is 15. The molecule has 0 radical (unpaired) electrons. The molecule has 2 aliphatic rings. The van der Waals surface area contributed by atoms with Gasteiger partial charge in [0.05, 0.1) is 19.8 Å². The fourth-order valence-corrected chi connectivity index (χ4v) is 7.01. The van der Waals surface area contributed by atoms with Gasteiger partial charge in [-0.25, -0.2) is 0 Å². The lowest BCUT2D eigenvalue weighted by molar-refractivity contribution is -0.332. The second kappa shape index (κ2) is 33.5. The average Bonchev–Trinajstić information content (AvgIpc) is 3.24. The average molecular weight is 861 g/mol. The van der Waals surface area contributed by atoms with Crippen LogP contribution in [0.15, 0.2) is 24.3 Å². The van der Waals surface area contributed by atoms with E-state index in [0.717, 1.165) is 77.0 Å². The van der Waals surface area contributed by atoms with Crippen LogP contribution in [0.4, 0.5) is 0 Å². The van der Waals surface area contributed by atoms with Crippen molar-refractivity contribution in [2.24, 2.45) is 0 Å². The zero-order valence-electron chi connectivity index (χ0n) is 36.4. The van der Waals surface area contributed by atoms with E-state index in [4.69, 9.17) is 28.4 Å². The highest BCUT2D eigenvalue weighted by molar-refractivity contribution is 5.70. The Bertz CT molecular complexity index is 1150. The molecule has 0 saturated carbocycles. The fraction of sp³-hybridized carbons (Fsp3) is 0.867. The topological polar surface area (TPSA) is 231 Å². The van der Waals surface area contributed by atoms with Crippen molar-refractivity contribution in [3.05, 3.63) is 24.3 Å². The van der Waals surface area contributed by atoms with Gasteiger partial charge < -0.3 is 64.2 Å². The third-order valence-corrected chi connectivity index (χ3v) is 10.9. The number of carbonyl (C=O) groups is 2. The van der Waals surface area contributed by atoms with Crippen molar-refractivity contribution in [3.8, 4) is 0 Å². The zero-order valence-corrected chi connectivity index (χ0v) is 36.4. The van der Waals surface area contributed by atoms with Gasteiger partial charge in [-0.1, -0.05) is 109 Å². The minimum absolute atomic E-state index is 0.154. The van der Waals surface area contributed by atoms with E-state index in [1.54, 1.807) is 0 Å². The van der Waals surface area contributed by atoms with E-state index in [1.807, 2.05) is 0 Å². The second-order valence-corrected chi connectivity index (χ2v) is 16.2. The van der Waals surface area contributed by atoms with Crippen LogP contribution < -0.4 is 0 Å². The van der Waals surface area contributed by atoms with Crippen LogP contribution in [0.25, 0.3) is 0 Å². The standard InChI is InChI=1S/C45H80O15/c1-3-5-7-9-11-13-15-16-18-20-22-24-26-28-37(48)58-33(30-55-36(47)27-25-23-21-19-17-14-12-10-8-6-4-2)31-56-44-43(54)41(52)39(50)35(60-44)32-57-45-42(53)40(51)38(49)34(29-46)59-45/h10,12-13,15,33-35,38-46,49-54H,3-9,11,14,16-32H2,1-2H3/b12-10+,15-13+/t33-,34-,35-,38+,39+,40?,41?,42?,43?,44-,45-/m1/s1. The lowest BCUT2D eigenvalue weighted by atomic mass is 9.98. The molecular weight excluding hydrogens is 780 g/mol. The molecule has 0 amide bonds. The molecule has 0 spiro atoms. The number of ether oxygens (including phenoxy) is 6. The Hall–Kier alpha value is -2.02. The monoisotopic (exact) mass is 861 g/mol. The highest BCUT2D eigenvalue weighted by Crippen LogP contribution is 2.26. The first-order chi connectivity index (χ1) is 29.0. The van der Waals surface area contributed by atoms with E-state index >= 15 is 0 Å². The lowest BCUT2D eigenvalue weighted by Gasteiger charge is -2.42. The van der Waals surface area contributed by atoms with Gasteiger partial charge in [0.2, 0.25) is 0 Å². The van der Waals surface area contributed by atoms with E-state index in [2.05, 4.69) is 38.2 Å². The Balaban J connectivity index is 1.87. The Morgan fingerprint density at radius 1 is 0.517 bits per heavy atom. The van der Waals surface area contributed by atoms with Crippen molar-refractivity contribution in [1.82, 2.24) is 0 Å². The molecule has 2 aliphatic heterocycles. The van der Waals surface area contributed by atoms with Gasteiger partial charge in [0.1, 0.15) is 55.4 Å². The van der Waals surface area contributed by atoms with Crippen LogP contribution in [-0.4, -0.2) is 142 Å². The summed E-state index contributed by atoms with van der Waals surface area (Å²) in [5.74, 6) is -0.948. The molecular formula is C45H80O15. The van der Waals surface area contributed by atoms with Crippen molar-refractivity contribution in [3.63, 3.8) is 0 Å². The minimum atomic E-state index is -1.76. The maximum atomic E-state index is 12.9. The van der Waals surface area contributed by atoms with Crippen molar-refractivity contribution in [2.75, 3.05) is 26.4 Å². The zero-order chi connectivity index (χ0) is 44.0. The number of carbonyl (C=O) groups excluding carboxylic acids is 2. The number of rotatable bonds is 34. The summed E-state index contributed by atoms with van der Waals surface area (Å²) in [6, 6.07) is 0. The largest absolute Gasteiger partial charge is 0.462 e. The quantitative estimate of drug-likeness (QED) is 0.0261. The Morgan fingerprint density at radius 3 is 1.52 bits per heavy atom.